The first-order chi connectivity index (χ1) is 11.5. The van der Waals surface area contributed by atoms with Crippen LogP contribution in [0.3, 0.4) is 0 Å². The van der Waals surface area contributed by atoms with Crippen LogP contribution in [0.4, 0.5) is 0 Å². The second kappa shape index (κ2) is 7.30. The van der Waals surface area contributed by atoms with Gasteiger partial charge in [0.15, 0.2) is 13.1 Å². The minimum atomic E-state index is -0.315. The molecule has 5 heteroatoms. The number of carbonyl (C=O) groups excluding carboxylic acids is 1. The Morgan fingerprint density at radius 3 is 2.54 bits per heavy atom. The van der Waals surface area contributed by atoms with Gasteiger partial charge in [0, 0.05) is 7.11 Å². The van der Waals surface area contributed by atoms with Crippen molar-refractivity contribution in [3.63, 3.8) is 0 Å². The van der Waals surface area contributed by atoms with Gasteiger partial charge in [-0.3, -0.25) is 4.79 Å². The predicted octanol–water partition coefficient (Wildman–Crippen LogP) is 3.65. The van der Waals surface area contributed by atoms with Crippen LogP contribution in [0.2, 0.25) is 0 Å². The number of esters is 1. The first kappa shape index (κ1) is 18.2. The van der Waals surface area contributed by atoms with Crippen molar-refractivity contribution < 1.29 is 23.7 Å². The van der Waals surface area contributed by atoms with Crippen LogP contribution < -0.4 is 0 Å². The van der Waals surface area contributed by atoms with Crippen LogP contribution in [-0.2, 0) is 23.7 Å². The van der Waals surface area contributed by atoms with Gasteiger partial charge < -0.3 is 18.9 Å². The number of unbranched alkanes of at least 4 members (excludes halogenated alkanes) is 1. The van der Waals surface area contributed by atoms with Crippen LogP contribution in [0.1, 0.15) is 65.2 Å². The summed E-state index contributed by atoms with van der Waals surface area (Å²) in [6.45, 7) is 4.75. The highest BCUT2D eigenvalue weighted by Gasteiger charge is 2.62. The molecule has 4 aliphatic carbocycles. The number of carbonyl (C=O) groups is 1. The van der Waals surface area contributed by atoms with Crippen LogP contribution >= 0.6 is 0 Å². The highest BCUT2D eigenvalue weighted by molar-refractivity contribution is 5.77. The van der Waals surface area contributed by atoms with Gasteiger partial charge in [0.2, 0.25) is 0 Å². The summed E-state index contributed by atoms with van der Waals surface area (Å²) >= 11 is 0. The van der Waals surface area contributed by atoms with E-state index in [-0.39, 0.29) is 30.1 Å². The summed E-state index contributed by atoms with van der Waals surface area (Å²) in [7, 11) is 1.62. The summed E-state index contributed by atoms with van der Waals surface area (Å²) in [6.07, 6.45) is 7.83. The third-order valence-electron chi connectivity index (χ3n) is 6.17. The normalized spacial score (nSPS) is 38.3. The highest BCUT2D eigenvalue weighted by atomic mass is 16.7. The molecule has 5 nitrogen and oxygen atoms in total. The van der Waals surface area contributed by atoms with Crippen molar-refractivity contribution in [2.75, 3.05) is 20.5 Å². The zero-order valence-electron chi connectivity index (χ0n) is 15.3. The van der Waals surface area contributed by atoms with E-state index in [0.717, 1.165) is 44.9 Å². The number of hydrogen-bond acceptors (Lipinski definition) is 5. The standard InChI is InChI=1S/C19H32O5/c1-4-5-6-22-17(20)18-8-15-7-16(9-18)11-19(10-15,12-18)24-13-23-14(2)21-3/h14-16H,4-13H2,1-3H3. The summed E-state index contributed by atoms with van der Waals surface area (Å²) in [5, 5.41) is 0. The van der Waals surface area contributed by atoms with Gasteiger partial charge >= 0.3 is 5.97 Å². The highest BCUT2D eigenvalue weighted by Crippen LogP contribution is 2.63. The third-order valence-corrected chi connectivity index (χ3v) is 6.17. The van der Waals surface area contributed by atoms with Crippen LogP contribution in [0.15, 0.2) is 0 Å². The lowest BCUT2D eigenvalue weighted by Crippen LogP contribution is -2.59. The van der Waals surface area contributed by atoms with Gasteiger partial charge in [-0.25, -0.2) is 0 Å². The Kier molecular flexibility index (Phi) is 5.52. The van der Waals surface area contributed by atoms with Crippen LogP contribution in [0.5, 0.6) is 0 Å². The van der Waals surface area contributed by atoms with Gasteiger partial charge in [-0.1, -0.05) is 13.3 Å². The molecule has 0 aromatic heterocycles. The van der Waals surface area contributed by atoms with Crippen LogP contribution in [-0.4, -0.2) is 38.4 Å². The largest absolute Gasteiger partial charge is 0.465 e. The molecule has 4 rings (SSSR count). The van der Waals surface area contributed by atoms with Crippen molar-refractivity contribution in [2.45, 2.75) is 77.1 Å². The molecule has 4 fully saturated rings. The van der Waals surface area contributed by atoms with E-state index in [0.29, 0.717) is 18.4 Å². The molecule has 0 spiro atoms. The van der Waals surface area contributed by atoms with E-state index >= 15 is 0 Å². The molecule has 0 aromatic rings. The maximum Gasteiger partial charge on any atom is 0.312 e. The van der Waals surface area contributed by atoms with Crippen molar-refractivity contribution in [2.24, 2.45) is 17.3 Å². The monoisotopic (exact) mass is 340 g/mol. The van der Waals surface area contributed by atoms with Gasteiger partial charge in [-0.05, 0) is 63.7 Å². The van der Waals surface area contributed by atoms with Gasteiger partial charge in [0.05, 0.1) is 17.6 Å². The van der Waals surface area contributed by atoms with Crippen LogP contribution in [0.25, 0.3) is 0 Å². The molecule has 0 saturated heterocycles. The van der Waals surface area contributed by atoms with E-state index in [1.165, 1.54) is 6.42 Å². The van der Waals surface area contributed by atoms with Crippen LogP contribution in [0, 0.1) is 17.3 Å². The Labute approximate surface area is 145 Å². The summed E-state index contributed by atoms with van der Waals surface area (Å²) in [5.41, 5.74) is -0.522. The predicted molar refractivity (Wildman–Crippen MR) is 89.2 cm³/mol. The molecule has 0 heterocycles. The molecule has 3 atom stereocenters. The zero-order chi connectivity index (χ0) is 17.2. The molecule has 0 aromatic carbocycles. The number of methoxy groups -OCH3 is 1. The second-order valence-electron chi connectivity index (χ2n) is 8.15. The van der Waals surface area contributed by atoms with E-state index < -0.39 is 0 Å². The molecular formula is C19H32O5. The Bertz CT molecular complexity index is 435. The minimum Gasteiger partial charge on any atom is -0.465 e. The molecule has 3 unspecified atom stereocenters. The van der Waals surface area contributed by atoms with Crippen molar-refractivity contribution in [3.8, 4) is 0 Å². The molecule has 4 bridgehead atoms. The van der Waals surface area contributed by atoms with E-state index in [1.807, 2.05) is 6.92 Å². The Hall–Kier alpha value is -0.650. The maximum absolute atomic E-state index is 12.8. The molecule has 4 aliphatic rings. The summed E-state index contributed by atoms with van der Waals surface area (Å²) in [5.74, 6) is 1.19. The molecule has 0 radical (unpaired) electrons. The average molecular weight is 340 g/mol. The van der Waals surface area contributed by atoms with Crippen molar-refractivity contribution in [1.82, 2.24) is 0 Å². The van der Waals surface area contributed by atoms with Gasteiger partial charge in [-0.2, -0.15) is 0 Å². The fourth-order valence-electron chi connectivity index (χ4n) is 5.37. The van der Waals surface area contributed by atoms with E-state index in [4.69, 9.17) is 18.9 Å². The maximum atomic E-state index is 12.8. The molecule has 0 aliphatic heterocycles. The average Bonchev–Trinajstić information content (AvgIpc) is 2.53. The number of rotatable bonds is 9. The lowest BCUT2D eigenvalue weighted by Gasteiger charge is -2.60. The SMILES string of the molecule is CCCCOC(=O)C12CC3CC(CC(OCOC(C)OC)(C3)C1)C2. The smallest absolute Gasteiger partial charge is 0.312 e. The van der Waals surface area contributed by atoms with E-state index in [1.54, 1.807) is 7.11 Å². The molecule has 4 saturated carbocycles. The molecular weight excluding hydrogens is 308 g/mol. The first-order valence-corrected chi connectivity index (χ1v) is 9.46. The number of ether oxygens (including phenoxy) is 4. The second-order valence-corrected chi connectivity index (χ2v) is 8.15. The zero-order valence-corrected chi connectivity index (χ0v) is 15.3. The Morgan fingerprint density at radius 2 is 1.92 bits per heavy atom. The summed E-state index contributed by atoms with van der Waals surface area (Å²) in [6, 6.07) is 0. The first-order valence-electron chi connectivity index (χ1n) is 9.46. The molecule has 138 valence electrons. The Morgan fingerprint density at radius 1 is 1.21 bits per heavy atom. The molecule has 0 amide bonds. The third kappa shape index (κ3) is 3.63. The van der Waals surface area contributed by atoms with Gasteiger partial charge in [-0.15, -0.1) is 0 Å². The summed E-state index contributed by atoms with van der Waals surface area (Å²) in [4.78, 5) is 12.8. The topological polar surface area (TPSA) is 54.0 Å². The quantitative estimate of drug-likeness (QED) is 0.364. The van der Waals surface area contributed by atoms with Crippen molar-refractivity contribution in [3.05, 3.63) is 0 Å². The fourth-order valence-corrected chi connectivity index (χ4v) is 5.37. The molecule has 24 heavy (non-hydrogen) atoms. The van der Waals surface area contributed by atoms with E-state index in [9.17, 15) is 4.79 Å². The minimum absolute atomic E-state index is 0.0178. The summed E-state index contributed by atoms with van der Waals surface area (Å²) < 4.78 is 22.5. The Balaban J connectivity index is 1.64. The number of hydrogen-bond donors (Lipinski definition) is 0. The van der Waals surface area contributed by atoms with Crippen molar-refractivity contribution >= 4 is 5.97 Å². The van der Waals surface area contributed by atoms with Gasteiger partial charge in [0.1, 0.15) is 0 Å². The molecule has 0 N–H and O–H groups in total. The van der Waals surface area contributed by atoms with Gasteiger partial charge in [0.25, 0.3) is 0 Å². The fraction of sp³-hybridized carbons (Fsp3) is 0.947. The lowest BCUT2D eigenvalue weighted by atomic mass is 9.48. The van der Waals surface area contributed by atoms with Crippen molar-refractivity contribution in [1.29, 1.82) is 0 Å². The van der Waals surface area contributed by atoms with E-state index in [2.05, 4.69) is 6.92 Å². The lowest BCUT2D eigenvalue weighted by molar-refractivity contribution is -0.258.